The molecule has 1 aliphatic heterocycles. The first-order valence-corrected chi connectivity index (χ1v) is 7.64. The number of H-pyrrole nitrogens is 1. The Labute approximate surface area is 134 Å². The number of nitrogens with one attached hydrogen (secondary N) is 2. The Morgan fingerprint density at radius 1 is 1.32 bits per heavy atom. The predicted octanol–water partition coefficient (Wildman–Crippen LogP) is 3.78. The maximum atomic E-state index is 12.5. The zero-order valence-corrected chi connectivity index (χ0v) is 13.4. The summed E-state index contributed by atoms with van der Waals surface area (Å²) in [6, 6.07) is 11.2. The van der Waals surface area contributed by atoms with E-state index in [0.29, 0.717) is 16.6 Å². The van der Waals surface area contributed by atoms with Gasteiger partial charge in [-0.15, -0.1) is 0 Å². The van der Waals surface area contributed by atoms with Gasteiger partial charge in [0.05, 0.1) is 11.6 Å². The van der Waals surface area contributed by atoms with Crippen molar-refractivity contribution < 1.29 is 9.53 Å². The van der Waals surface area contributed by atoms with Gasteiger partial charge in [-0.05, 0) is 32.0 Å². The topological polar surface area (TPSA) is 54.1 Å². The number of benzene rings is 1. The highest BCUT2D eigenvalue weighted by Gasteiger charge is 2.34. The van der Waals surface area contributed by atoms with Crippen molar-refractivity contribution in [1.29, 1.82) is 0 Å². The SMILES string of the molecule is CC1(C)C[C@H](NC(=O)c2ccc[nH]c2=S)c2ccccc2O1. The smallest absolute Gasteiger partial charge is 0.254 e. The number of hydrogen-bond acceptors (Lipinski definition) is 3. The average molecular weight is 314 g/mol. The van der Waals surface area contributed by atoms with Gasteiger partial charge in [-0.2, -0.15) is 0 Å². The van der Waals surface area contributed by atoms with Gasteiger partial charge >= 0.3 is 0 Å². The van der Waals surface area contributed by atoms with Gasteiger partial charge in [-0.1, -0.05) is 30.4 Å². The number of carbonyl (C=O) groups excluding carboxylic acids is 1. The monoisotopic (exact) mass is 314 g/mol. The van der Waals surface area contributed by atoms with E-state index in [2.05, 4.69) is 10.3 Å². The molecule has 2 aromatic rings. The zero-order chi connectivity index (χ0) is 15.7. The zero-order valence-electron chi connectivity index (χ0n) is 12.6. The minimum atomic E-state index is -0.327. The molecule has 2 N–H and O–H groups in total. The van der Waals surface area contributed by atoms with E-state index in [4.69, 9.17) is 17.0 Å². The molecule has 0 saturated heterocycles. The van der Waals surface area contributed by atoms with E-state index in [0.717, 1.165) is 11.3 Å². The third kappa shape index (κ3) is 2.90. The molecule has 0 aliphatic carbocycles. The second-order valence-corrected chi connectivity index (χ2v) is 6.45. The van der Waals surface area contributed by atoms with Crippen molar-refractivity contribution >= 4 is 18.1 Å². The van der Waals surface area contributed by atoms with Crippen LogP contribution in [-0.4, -0.2) is 16.5 Å². The third-order valence-corrected chi connectivity index (χ3v) is 4.08. The molecule has 3 rings (SSSR count). The van der Waals surface area contributed by atoms with E-state index >= 15 is 0 Å². The molecule has 5 heteroatoms. The average Bonchev–Trinajstić information content (AvgIpc) is 2.46. The van der Waals surface area contributed by atoms with Gasteiger partial charge in [-0.3, -0.25) is 4.79 Å². The maximum absolute atomic E-state index is 12.5. The number of aromatic amines is 1. The van der Waals surface area contributed by atoms with Crippen molar-refractivity contribution in [3.05, 3.63) is 58.4 Å². The van der Waals surface area contributed by atoms with E-state index in [1.54, 1.807) is 18.3 Å². The number of para-hydroxylation sites is 1. The first-order valence-electron chi connectivity index (χ1n) is 7.23. The summed E-state index contributed by atoms with van der Waals surface area (Å²) in [4.78, 5) is 15.4. The standard InChI is InChI=1S/C17H18N2O2S/c1-17(2)10-13(11-6-3-4-8-14(11)21-17)19-15(20)12-7-5-9-18-16(12)22/h3-9,13H,10H2,1-2H3,(H,18,22)(H,19,20)/t13-/m0/s1. The van der Waals surface area contributed by atoms with Crippen molar-refractivity contribution in [3.8, 4) is 5.75 Å². The van der Waals surface area contributed by atoms with Crippen LogP contribution in [0.1, 0.15) is 42.2 Å². The second-order valence-electron chi connectivity index (χ2n) is 6.04. The molecule has 4 nitrogen and oxygen atoms in total. The summed E-state index contributed by atoms with van der Waals surface area (Å²) in [7, 11) is 0. The van der Waals surface area contributed by atoms with Crippen LogP contribution >= 0.6 is 12.2 Å². The number of rotatable bonds is 2. The quantitative estimate of drug-likeness (QED) is 0.830. The van der Waals surface area contributed by atoms with Crippen molar-refractivity contribution in [2.75, 3.05) is 0 Å². The number of amides is 1. The van der Waals surface area contributed by atoms with Gasteiger partial charge in [-0.25, -0.2) is 0 Å². The van der Waals surface area contributed by atoms with E-state index in [1.807, 2.05) is 38.1 Å². The summed E-state index contributed by atoms with van der Waals surface area (Å²) >= 11 is 5.18. The molecule has 0 radical (unpaired) electrons. The van der Waals surface area contributed by atoms with Gasteiger partial charge in [0.2, 0.25) is 0 Å². The summed E-state index contributed by atoms with van der Waals surface area (Å²) in [5.41, 5.74) is 1.16. The molecule has 1 amide bonds. The highest BCUT2D eigenvalue weighted by molar-refractivity contribution is 7.71. The van der Waals surface area contributed by atoms with E-state index in [-0.39, 0.29) is 17.6 Å². The van der Waals surface area contributed by atoms with Crippen LogP contribution in [0.5, 0.6) is 5.75 Å². The first-order chi connectivity index (χ1) is 10.5. The molecule has 0 unspecified atom stereocenters. The fraction of sp³-hybridized carbons (Fsp3) is 0.294. The molecular weight excluding hydrogens is 296 g/mol. The molecular formula is C17H18N2O2S. The van der Waals surface area contributed by atoms with Gasteiger partial charge in [0.15, 0.2) is 0 Å². The van der Waals surface area contributed by atoms with Crippen molar-refractivity contribution in [1.82, 2.24) is 10.3 Å². The molecule has 1 aromatic heterocycles. The van der Waals surface area contributed by atoms with Crippen LogP contribution in [0.25, 0.3) is 0 Å². The third-order valence-electron chi connectivity index (χ3n) is 3.74. The number of fused-ring (bicyclic) bond motifs is 1. The van der Waals surface area contributed by atoms with Crippen molar-refractivity contribution in [2.45, 2.75) is 31.9 Å². The van der Waals surface area contributed by atoms with Gasteiger partial charge < -0.3 is 15.0 Å². The van der Waals surface area contributed by atoms with Gasteiger partial charge in [0, 0.05) is 18.2 Å². The van der Waals surface area contributed by atoms with E-state index in [9.17, 15) is 4.79 Å². The normalized spacial score (nSPS) is 18.9. The number of aromatic nitrogens is 1. The van der Waals surface area contributed by atoms with Crippen LogP contribution in [0.15, 0.2) is 42.6 Å². The highest BCUT2D eigenvalue weighted by atomic mass is 32.1. The van der Waals surface area contributed by atoms with E-state index < -0.39 is 0 Å². The van der Waals surface area contributed by atoms with Crippen molar-refractivity contribution in [3.63, 3.8) is 0 Å². The Morgan fingerprint density at radius 2 is 2.09 bits per heavy atom. The lowest BCUT2D eigenvalue weighted by molar-refractivity contribution is 0.0619. The molecule has 0 saturated carbocycles. The Bertz CT molecular complexity index is 767. The molecule has 0 bridgehead atoms. The summed E-state index contributed by atoms with van der Waals surface area (Å²) in [6.07, 6.45) is 2.42. The number of pyridine rings is 1. The lowest BCUT2D eigenvalue weighted by Crippen LogP contribution is -2.41. The summed E-state index contributed by atoms with van der Waals surface area (Å²) in [5, 5.41) is 3.08. The highest BCUT2D eigenvalue weighted by Crippen LogP contribution is 2.39. The lowest BCUT2D eigenvalue weighted by Gasteiger charge is -2.37. The summed E-state index contributed by atoms with van der Waals surface area (Å²) in [5.74, 6) is 0.654. The van der Waals surface area contributed by atoms with Crippen LogP contribution in [0.3, 0.4) is 0 Å². The summed E-state index contributed by atoms with van der Waals surface area (Å²) < 4.78 is 6.43. The predicted molar refractivity (Wildman–Crippen MR) is 87.6 cm³/mol. The minimum Gasteiger partial charge on any atom is -0.487 e. The lowest BCUT2D eigenvalue weighted by atomic mass is 9.89. The van der Waals surface area contributed by atoms with Crippen molar-refractivity contribution in [2.24, 2.45) is 0 Å². The Hall–Kier alpha value is -2.14. The largest absolute Gasteiger partial charge is 0.487 e. The molecule has 22 heavy (non-hydrogen) atoms. The molecule has 0 fully saturated rings. The van der Waals surface area contributed by atoms with Crippen LogP contribution < -0.4 is 10.1 Å². The Kier molecular flexibility index (Phi) is 3.74. The van der Waals surface area contributed by atoms with E-state index in [1.165, 1.54) is 0 Å². The molecule has 0 spiro atoms. The second kappa shape index (κ2) is 5.57. The fourth-order valence-corrected chi connectivity index (χ4v) is 3.00. The number of hydrogen-bond donors (Lipinski definition) is 2. The Morgan fingerprint density at radius 3 is 2.86 bits per heavy atom. The minimum absolute atomic E-state index is 0.0953. The molecule has 1 aromatic carbocycles. The fourth-order valence-electron chi connectivity index (χ4n) is 2.77. The molecule has 114 valence electrons. The number of carbonyl (C=O) groups is 1. The van der Waals surface area contributed by atoms with Crippen LogP contribution in [0.2, 0.25) is 0 Å². The first kappa shape index (κ1) is 14.8. The van der Waals surface area contributed by atoms with Crippen LogP contribution in [0.4, 0.5) is 0 Å². The number of ether oxygens (including phenoxy) is 1. The summed E-state index contributed by atoms with van der Waals surface area (Å²) in [6.45, 7) is 4.05. The maximum Gasteiger partial charge on any atom is 0.254 e. The van der Waals surface area contributed by atoms with Gasteiger partial charge in [0.25, 0.3) is 5.91 Å². The Balaban J connectivity index is 1.91. The molecule has 2 heterocycles. The molecule has 1 atom stereocenters. The van der Waals surface area contributed by atoms with Crippen LogP contribution in [0, 0.1) is 4.64 Å². The van der Waals surface area contributed by atoms with Crippen LogP contribution in [-0.2, 0) is 0 Å². The van der Waals surface area contributed by atoms with Gasteiger partial charge in [0.1, 0.15) is 16.0 Å². The molecule has 1 aliphatic rings.